The van der Waals surface area contributed by atoms with Crippen molar-refractivity contribution in [2.75, 3.05) is 57.3 Å². The first-order valence-electron chi connectivity index (χ1n) is 14.7. The van der Waals surface area contributed by atoms with Crippen molar-refractivity contribution in [2.45, 2.75) is 57.0 Å². The van der Waals surface area contributed by atoms with Crippen LogP contribution in [-0.2, 0) is 22.3 Å². The van der Waals surface area contributed by atoms with Gasteiger partial charge in [-0.2, -0.15) is 13.2 Å². The van der Waals surface area contributed by atoms with Crippen LogP contribution in [0, 0.1) is 5.92 Å². The van der Waals surface area contributed by atoms with Crippen LogP contribution in [0.2, 0.25) is 0 Å². The minimum Gasteiger partial charge on any atom is -0.376 e. The molecule has 0 spiro atoms. The maximum atomic E-state index is 13.2. The summed E-state index contributed by atoms with van der Waals surface area (Å²) in [6.45, 7) is 7.20. The number of piperazine rings is 1. The van der Waals surface area contributed by atoms with Crippen molar-refractivity contribution in [2.24, 2.45) is 5.92 Å². The summed E-state index contributed by atoms with van der Waals surface area (Å²) in [5, 5.41) is 3.07. The number of hydrogen-bond donors (Lipinski definition) is 1. The van der Waals surface area contributed by atoms with Gasteiger partial charge in [0.05, 0.1) is 11.7 Å². The predicted molar refractivity (Wildman–Crippen MR) is 150 cm³/mol. The molecule has 0 saturated carbocycles. The lowest BCUT2D eigenvalue weighted by molar-refractivity contribution is -0.137. The molecule has 1 unspecified atom stereocenters. The van der Waals surface area contributed by atoms with Gasteiger partial charge in [0.1, 0.15) is 0 Å². The number of alkyl halides is 3. The number of nitrogens with one attached hydrogen (secondary N) is 1. The Kier molecular flexibility index (Phi) is 9.65. The summed E-state index contributed by atoms with van der Waals surface area (Å²) >= 11 is 0. The van der Waals surface area contributed by atoms with Crippen molar-refractivity contribution in [3.63, 3.8) is 0 Å². The lowest BCUT2D eigenvalue weighted by Gasteiger charge is -2.47. The van der Waals surface area contributed by atoms with Gasteiger partial charge in [0.25, 0.3) is 0 Å². The Balaban J connectivity index is 1.19. The molecule has 3 aliphatic heterocycles. The topological polar surface area (TPSA) is 48.1 Å². The fourth-order valence-corrected chi connectivity index (χ4v) is 6.47. The number of rotatable bonds is 9. The van der Waals surface area contributed by atoms with Gasteiger partial charge in [-0.25, -0.2) is 0 Å². The number of amides is 1. The van der Waals surface area contributed by atoms with E-state index in [1.165, 1.54) is 17.7 Å². The highest BCUT2D eigenvalue weighted by atomic mass is 19.4. The molecule has 0 radical (unpaired) electrons. The molecule has 1 amide bonds. The fourth-order valence-electron chi connectivity index (χ4n) is 6.47. The Bertz CT molecular complexity index is 1090. The fraction of sp³-hybridized carbons (Fsp3) is 0.581. The maximum Gasteiger partial charge on any atom is 0.416 e. The standard InChI is InChI=1S/C31H41F3N4O2/c32-31(33,34)26-8-4-9-27(20-26)37-15-17-38(18-16-37)29-13-14-36(22-24-6-2-1-3-7-24)23-25(29)11-12-30(39)35-21-28-10-5-19-40-28/h1-4,6-9,20,25,28-29H,5,10-19,21-23H2,(H,35,39)/t25-,28?,29+/m0/s1. The van der Waals surface area contributed by atoms with Crippen molar-refractivity contribution < 1.29 is 22.7 Å². The number of carbonyl (C=O) groups excluding carboxylic acids is 1. The van der Waals surface area contributed by atoms with Gasteiger partial charge < -0.3 is 15.0 Å². The second-order valence-electron chi connectivity index (χ2n) is 11.4. The molecule has 6 nitrogen and oxygen atoms in total. The van der Waals surface area contributed by atoms with E-state index >= 15 is 0 Å². The summed E-state index contributed by atoms with van der Waals surface area (Å²) in [7, 11) is 0. The minimum atomic E-state index is -4.34. The first kappa shape index (κ1) is 28.9. The number of anilines is 1. The van der Waals surface area contributed by atoms with Crippen LogP contribution in [0.5, 0.6) is 0 Å². The molecule has 3 heterocycles. The number of halogens is 3. The number of carbonyl (C=O) groups is 1. The molecule has 3 aliphatic rings. The van der Waals surface area contributed by atoms with Crippen LogP contribution in [0.1, 0.15) is 43.2 Å². The van der Waals surface area contributed by atoms with E-state index in [2.05, 4.69) is 44.3 Å². The van der Waals surface area contributed by atoms with E-state index in [0.29, 0.717) is 43.7 Å². The molecule has 0 aromatic heterocycles. The second kappa shape index (κ2) is 13.4. The van der Waals surface area contributed by atoms with E-state index in [4.69, 9.17) is 4.74 Å². The molecular weight excluding hydrogens is 517 g/mol. The third-order valence-corrected chi connectivity index (χ3v) is 8.64. The monoisotopic (exact) mass is 558 g/mol. The zero-order valence-electron chi connectivity index (χ0n) is 23.1. The number of likely N-dealkylation sites (tertiary alicyclic amines) is 1. The summed E-state index contributed by atoms with van der Waals surface area (Å²) in [6.07, 6.45) is 0.210. The Morgan fingerprint density at radius 1 is 0.975 bits per heavy atom. The molecule has 2 aromatic carbocycles. The van der Waals surface area contributed by atoms with Gasteiger partial charge in [-0.1, -0.05) is 36.4 Å². The molecule has 40 heavy (non-hydrogen) atoms. The first-order valence-corrected chi connectivity index (χ1v) is 14.7. The molecule has 3 atom stereocenters. The van der Waals surface area contributed by atoms with Crippen LogP contribution in [0.3, 0.4) is 0 Å². The third kappa shape index (κ3) is 7.77. The molecule has 0 bridgehead atoms. The number of piperidine rings is 1. The maximum absolute atomic E-state index is 13.2. The van der Waals surface area contributed by atoms with Crippen LogP contribution in [-0.4, -0.2) is 80.3 Å². The summed E-state index contributed by atoms with van der Waals surface area (Å²) in [4.78, 5) is 19.8. The summed E-state index contributed by atoms with van der Waals surface area (Å²) < 4.78 is 45.4. The van der Waals surface area contributed by atoms with Gasteiger partial charge in [-0.05, 0) is 61.9 Å². The van der Waals surface area contributed by atoms with Gasteiger partial charge in [-0.15, -0.1) is 0 Å². The quantitative estimate of drug-likeness (QED) is 0.480. The summed E-state index contributed by atoms with van der Waals surface area (Å²) in [5.41, 5.74) is 1.33. The SMILES string of the molecule is O=C(CC[C@H]1CN(Cc2ccccc2)CC[C@H]1N1CCN(c2cccc(C(F)(F)F)c2)CC1)NCC1CCCO1. The highest BCUT2D eigenvalue weighted by molar-refractivity contribution is 5.75. The van der Waals surface area contributed by atoms with Crippen LogP contribution < -0.4 is 10.2 Å². The van der Waals surface area contributed by atoms with E-state index in [1.54, 1.807) is 6.07 Å². The molecule has 3 fully saturated rings. The summed E-state index contributed by atoms with van der Waals surface area (Å²) in [5.74, 6) is 0.440. The van der Waals surface area contributed by atoms with Crippen molar-refractivity contribution in [3.05, 3.63) is 65.7 Å². The van der Waals surface area contributed by atoms with Crippen LogP contribution in [0.15, 0.2) is 54.6 Å². The normalized spacial score (nSPS) is 24.8. The number of benzene rings is 2. The van der Waals surface area contributed by atoms with Crippen LogP contribution in [0.25, 0.3) is 0 Å². The molecule has 9 heteroatoms. The van der Waals surface area contributed by atoms with Gasteiger partial charge in [0.2, 0.25) is 5.91 Å². The number of nitrogens with zero attached hydrogens (tertiary/aromatic N) is 3. The Morgan fingerprint density at radius 2 is 1.77 bits per heavy atom. The van der Waals surface area contributed by atoms with Gasteiger partial charge in [0.15, 0.2) is 0 Å². The first-order chi connectivity index (χ1) is 19.3. The van der Waals surface area contributed by atoms with E-state index in [-0.39, 0.29) is 12.0 Å². The minimum absolute atomic E-state index is 0.0869. The Hall–Kier alpha value is -2.62. The average Bonchev–Trinajstić information content (AvgIpc) is 3.49. The molecule has 218 valence electrons. The molecule has 0 aliphatic carbocycles. The van der Waals surface area contributed by atoms with Crippen molar-refractivity contribution in [1.29, 1.82) is 0 Å². The largest absolute Gasteiger partial charge is 0.416 e. The van der Waals surface area contributed by atoms with Crippen molar-refractivity contribution >= 4 is 11.6 Å². The van der Waals surface area contributed by atoms with E-state index in [0.717, 1.165) is 71.1 Å². The summed E-state index contributed by atoms with van der Waals surface area (Å²) in [6, 6.07) is 16.5. The molecule has 1 N–H and O–H groups in total. The number of hydrogen-bond acceptors (Lipinski definition) is 5. The van der Waals surface area contributed by atoms with Crippen molar-refractivity contribution in [3.8, 4) is 0 Å². The average molecular weight is 559 g/mol. The predicted octanol–water partition coefficient (Wildman–Crippen LogP) is 4.79. The Labute approximate surface area is 235 Å². The van der Waals surface area contributed by atoms with Gasteiger partial charge in [0, 0.05) is 70.6 Å². The molecule has 5 rings (SSSR count). The third-order valence-electron chi connectivity index (χ3n) is 8.64. The van der Waals surface area contributed by atoms with Gasteiger partial charge in [-0.3, -0.25) is 14.6 Å². The zero-order chi connectivity index (χ0) is 28.0. The lowest BCUT2D eigenvalue weighted by Crippen LogP contribution is -2.56. The van der Waals surface area contributed by atoms with E-state index < -0.39 is 11.7 Å². The smallest absolute Gasteiger partial charge is 0.376 e. The molecule has 3 saturated heterocycles. The second-order valence-corrected chi connectivity index (χ2v) is 11.4. The number of ether oxygens (including phenoxy) is 1. The van der Waals surface area contributed by atoms with Crippen molar-refractivity contribution in [1.82, 2.24) is 15.1 Å². The van der Waals surface area contributed by atoms with Crippen LogP contribution >= 0.6 is 0 Å². The van der Waals surface area contributed by atoms with Crippen LogP contribution in [0.4, 0.5) is 18.9 Å². The zero-order valence-corrected chi connectivity index (χ0v) is 23.1. The molecule has 2 aromatic rings. The lowest BCUT2D eigenvalue weighted by atomic mass is 9.86. The molecular formula is C31H41F3N4O2. The highest BCUT2D eigenvalue weighted by Gasteiger charge is 2.36. The highest BCUT2D eigenvalue weighted by Crippen LogP contribution is 2.33. The van der Waals surface area contributed by atoms with E-state index in [9.17, 15) is 18.0 Å². The Morgan fingerprint density at radius 3 is 2.50 bits per heavy atom. The van der Waals surface area contributed by atoms with E-state index in [1.807, 2.05) is 6.07 Å². The van der Waals surface area contributed by atoms with Gasteiger partial charge >= 0.3 is 6.18 Å².